The molecule has 4 nitrogen and oxygen atoms in total. The highest BCUT2D eigenvalue weighted by molar-refractivity contribution is 5.87. The summed E-state index contributed by atoms with van der Waals surface area (Å²) in [5.41, 5.74) is 0.771. The summed E-state index contributed by atoms with van der Waals surface area (Å²) in [6.07, 6.45) is 0.609. The van der Waals surface area contributed by atoms with Crippen LogP contribution in [0.4, 0.5) is 0 Å². The maximum absolute atomic E-state index is 12.2. The second-order valence-electron chi connectivity index (χ2n) is 4.95. The van der Waals surface area contributed by atoms with Crippen LogP contribution in [0, 0.1) is 5.92 Å². The number of aromatic nitrogens is 1. The summed E-state index contributed by atoms with van der Waals surface area (Å²) in [4.78, 5) is 23.2. The topological polar surface area (TPSA) is 48.3 Å². The fourth-order valence-electron chi connectivity index (χ4n) is 2.15. The van der Waals surface area contributed by atoms with Gasteiger partial charge in [0.2, 0.25) is 0 Å². The van der Waals surface area contributed by atoms with Crippen LogP contribution in [0.25, 0.3) is 10.9 Å². The number of nitrogens with zero attached hydrogens (tertiary/aromatic N) is 1. The van der Waals surface area contributed by atoms with Gasteiger partial charge in [0.1, 0.15) is 5.75 Å². The Hall–Kier alpha value is -2.10. The van der Waals surface area contributed by atoms with Crippen LogP contribution in [0.2, 0.25) is 0 Å². The third-order valence-corrected chi connectivity index (χ3v) is 3.00. The highest BCUT2D eigenvalue weighted by Gasteiger charge is 2.10. The highest BCUT2D eigenvalue weighted by atomic mass is 16.5. The molecule has 0 saturated carbocycles. The zero-order valence-corrected chi connectivity index (χ0v) is 11.3. The predicted molar refractivity (Wildman–Crippen MR) is 75.0 cm³/mol. The summed E-state index contributed by atoms with van der Waals surface area (Å²) in [6, 6.07) is 7.12. The number of fused-ring (bicyclic) bond motifs is 1. The molecule has 0 spiro atoms. The Balaban J connectivity index is 2.78. The van der Waals surface area contributed by atoms with E-state index in [-0.39, 0.29) is 11.1 Å². The molecule has 0 bridgehead atoms. The summed E-state index contributed by atoms with van der Waals surface area (Å²) in [6.45, 7) is 4.66. The van der Waals surface area contributed by atoms with Crippen LogP contribution < -0.4 is 10.3 Å². The molecule has 1 heterocycles. The average molecular weight is 259 g/mol. The van der Waals surface area contributed by atoms with Gasteiger partial charge < -0.3 is 9.30 Å². The van der Waals surface area contributed by atoms with Gasteiger partial charge in [-0.1, -0.05) is 13.8 Å². The van der Waals surface area contributed by atoms with E-state index >= 15 is 0 Å². The number of hydrogen-bond acceptors (Lipinski definition) is 3. The zero-order chi connectivity index (χ0) is 14.0. The molecular formula is C15H17NO3. The second-order valence-corrected chi connectivity index (χ2v) is 4.95. The first-order valence-corrected chi connectivity index (χ1v) is 6.23. The van der Waals surface area contributed by atoms with Crippen LogP contribution in [0.1, 0.15) is 24.2 Å². The highest BCUT2D eigenvalue weighted by Crippen LogP contribution is 2.20. The van der Waals surface area contributed by atoms with Crippen LogP contribution in [0.5, 0.6) is 5.75 Å². The van der Waals surface area contributed by atoms with Gasteiger partial charge in [-0.3, -0.25) is 9.59 Å². The Morgan fingerprint density at radius 2 is 2.05 bits per heavy atom. The van der Waals surface area contributed by atoms with Crippen molar-refractivity contribution in [1.29, 1.82) is 0 Å². The van der Waals surface area contributed by atoms with E-state index in [4.69, 9.17) is 4.74 Å². The molecule has 1 aromatic heterocycles. The number of aldehydes is 1. The number of methoxy groups -OCH3 is 1. The van der Waals surface area contributed by atoms with Crippen molar-refractivity contribution in [2.75, 3.05) is 7.11 Å². The first kappa shape index (κ1) is 13.3. The minimum Gasteiger partial charge on any atom is -0.497 e. The van der Waals surface area contributed by atoms with Crippen LogP contribution in [-0.2, 0) is 6.54 Å². The molecule has 0 aliphatic carbocycles. The Labute approximate surface area is 111 Å². The monoisotopic (exact) mass is 259 g/mol. The van der Waals surface area contributed by atoms with E-state index in [0.29, 0.717) is 24.5 Å². The second kappa shape index (κ2) is 5.26. The average Bonchev–Trinajstić information content (AvgIpc) is 2.40. The molecule has 0 aliphatic rings. The van der Waals surface area contributed by atoms with E-state index in [0.717, 1.165) is 10.9 Å². The number of ether oxygens (including phenoxy) is 1. The van der Waals surface area contributed by atoms with Crippen LogP contribution in [0.3, 0.4) is 0 Å². The van der Waals surface area contributed by atoms with Gasteiger partial charge in [-0.2, -0.15) is 0 Å². The lowest BCUT2D eigenvalue weighted by Crippen LogP contribution is -2.25. The Kier molecular flexibility index (Phi) is 3.69. The summed E-state index contributed by atoms with van der Waals surface area (Å²) in [5.74, 6) is 1.03. The molecule has 0 amide bonds. The maximum Gasteiger partial charge on any atom is 0.261 e. The summed E-state index contributed by atoms with van der Waals surface area (Å²) in [7, 11) is 1.59. The van der Waals surface area contributed by atoms with Crippen molar-refractivity contribution in [3.63, 3.8) is 0 Å². The van der Waals surface area contributed by atoms with E-state index in [9.17, 15) is 9.59 Å². The van der Waals surface area contributed by atoms with Crippen molar-refractivity contribution in [3.8, 4) is 5.75 Å². The van der Waals surface area contributed by atoms with Gasteiger partial charge in [0.05, 0.1) is 18.2 Å². The lowest BCUT2D eigenvalue weighted by molar-refractivity contribution is 0.112. The van der Waals surface area contributed by atoms with Gasteiger partial charge in [-0.15, -0.1) is 0 Å². The largest absolute Gasteiger partial charge is 0.497 e. The third kappa shape index (κ3) is 2.52. The van der Waals surface area contributed by atoms with Gasteiger partial charge in [-0.25, -0.2) is 0 Å². The Bertz CT molecular complexity index is 671. The van der Waals surface area contributed by atoms with Crippen molar-refractivity contribution >= 4 is 17.2 Å². The quantitative estimate of drug-likeness (QED) is 0.792. The lowest BCUT2D eigenvalue weighted by Gasteiger charge is -2.14. The fourth-order valence-corrected chi connectivity index (χ4v) is 2.15. The maximum atomic E-state index is 12.2. The molecule has 0 atom stereocenters. The molecule has 0 unspecified atom stereocenters. The molecule has 0 saturated heterocycles. The van der Waals surface area contributed by atoms with Crippen molar-refractivity contribution in [3.05, 3.63) is 40.2 Å². The fraction of sp³-hybridized carbons (Fsp3) is 0.333. The summed E-state index contributed by atoms with van der Waals surface area (Å²) in [5, 5.41) is 0.835. The van der Waals surface area contributed by atoms with Gasteiger partial charge in [0.15, 0.2) is 6.29 Å². The standard InChI is InChI=1S/C15H17NO3/c1-10(2)8-16-14-5-4-13(19-3)7-11(14)6-12(9-17)15(16)18/h4-7,9-10H,8H2,1-3H3. The van der Waals surface area contributed by atoms with Gasteiger partial charge in [-0.05, 0) is 30.2 Å². The molecule has 0 radical (unpaired) electrons. The smallest absolute Gasteiger partial charge is 0.261 e. The SMILES string of the molecule is COc1ccc2c(c1)cc(C=O)c(=O)n2CC(C)C. The number of rotatable bonds is 4. The molecule has 0 aliphatic heterocycles. The van der Waals surface area contributed by atoms with Crippen molar-refractivity contribution in [1.82, 2.24) is 4.57 Å². The molecule has 2 rings (SSSR count). The number of carbonyl (C=O) groups excluding carboxylic acids is 1. The van der Waals surface area contributed by atoms with Gasteiger partial charge in [0.25, 0.3) is 5.56 Å². The molecular weight excluding hydrogens is 242 g/mol. The van der Waals surface area contributed by atoms with Gasteiger partial charge >= 0.3 is 0 Å². The summed E-state index contributed by atoms with van der Waals surface area (Å²) < 4.78 is 6.83. The zero-order valence-electron chi connectivity index (χ0n) is 11.3. The lowest BCUT2D eigenvalue weighted by atomic mass is 10.1. The van der Waals surface area contributed by atoms with Crippen molar-refractivity contribution in [2.24, 2.45) is 5.92 Å². The molecule has 0 fully saturated rings. The molecule has 1 aromatic carbocycles. The predicted octanol–water partition coefficient (Wildman–Crippen LogP) is 2.48. The van der Waals surface area contributed by atoms with E-state index in [1.165, 1.54) is 0 Å². The summed E-state index contributed by atoms with van der Waals surface area (Å²) >= 11 is 0. The molecule has 0 N–H and O–H groups in total. The van der Waals surface area contributed by atoms with Crippen LogP contribution >= 0.6 is 0 Å². The molecule has 4 heteroatoms. The first-order chi connectivity index (χ1) is 9.06. The molecule has 2 aromatic rings. The van der Waals surface area contributed by atoms with E-state index in [2.05, 4.69) is 0 Å². The molecule has 19 heavy (non-hydrogen) atoms. The Morgan fingerprint density at radius 1 is 1.32 bits per heavy atom. The van der Waals surface area contributed by atoms with Crippen molar-refractivity contribution in [2.45, 2.75) is 20.4 Å². The third-order valence-electron chi connectivity index (χ3n) is 3.00. The first-order valence-electron chi connectivity index (χ1n) is 6.23. The number of benzene rings is 1. The van der Waals surface area contributed by atoms with E-state index in [1.54, 1.807) is 17.7 Å². The molecule has 100 valence electrons. The number of pyridine rings is 1. The van der Waals surface area contributed by atoms with Crippen molar-refractivity contribution < 1.29 is 9.53 Å². The van der Waals surface area contributed by atoms with E-state index < -0.39 is 0 Å². The van der Waals surface area contributed by atoms with Crippen LogP contribution in [-0.4, -0.2) is 18.0 Å². The minimum absolute atomic E-state index is 0.182. The van der Waals surface area contributed by atoms with Crippen LogP contribution in [0.15, 0.2) is 29.1 Å². The Morgan fingerprint density at radius 3 is 2.63 bits per heavy atom. The number of carbonyl (C=O) groups is 1. The van der Waals surface area contributed by atoms with Gasteiger partial charge in [0, 0.05) is 11.9 Å². The van der Waals surface area contributed by atoms with E-state index in [1.807, 2.05) is 32.0 Å². The minimum atomic E-state index is -0.235. The normalized spacial score (nSPS) is 10.9. The number of hydrogen-bond donors (Lipinski definition) is 0.